The molecule has 2 heterocycles. The van der Waals surface area contributed by atoms with Crippen LogP contribution in [0.15, 0.2) is 5.38 Å². The zero-order valence-corrected chi connectivity index (χ0v) is 11.1. The molecule has 1 aromatic rings. The molecule has 0 radical (unpaired) electrons. The summed E-state index contributed by atoms with van der Waals surface area (Å²) in [6.45, 7) is 0.352. The number of hydrogen-bond donors (Lipinski definition) is 2. The van der Waals surface area contributed by atoms with Gasteiger partial charge in [0.15, 0.2) is 5.13 Å². The number of anilines is 1. The third-order valence-electron chi connectivity index (χ3n) is 2.68. The van der Waals surface area contributed by atoms with E-state index in [4.69, 9.17) is 0 Å². The lowest BCUT2D eigenvalue weighted by molar-refractivity contribution is -0.139. The van der Waals surface area contributed by atoms with Gasteiger partial charge in [-0.15, -0.1) is 11.3 Å². The SMILES string of the molecule is COC(=O)Cc1csc(NC(=O)[C@H]2CNC(=O)C2)n1. The molecule has 1 fully saturated rings. The Morgan fingerprint density at radius 2 is 2.42 bits per heavy atom. The number of nitrogens with one attached hydrogen (secondary N) is 2. The van der Waals surface area contributed by atoms with Crippen LogP contribution in [0.25, 0.3) is 0 Å². The average Bonchev–Trinajstić information content (AvgIpc) is 2.98. The molecule has 2 N–H and O–H groups in total. The summed E-state index contributed by atoms with van der Waals surface area (Å²) in [5.41, 5.74) is 0.549. The second-order valence-electron chi connectivity index (χ2n) is 4.09. The summed E-state index contributed by atoms with van der Waals surface area (Å²) in [6, 6.07) is 0. The highest BCUT2D eigenvalue weighted by molar-refractivity contribution is 7.13. The Morgan fingerprint density at radius 1 is 1.63 bits per heavy atom. The normalized spacial score (nSPS) is 17.9. The van der Waals surface area contributed by atoms with Crippen molar-refractivity contribution >= 4 is 34.3 Å². The Balaban J connectivity index is 1.90. The molecule has 1 saturated heterocycles. The number of amides is 2. The fourth-order valence-corrected chi connectivity index (χ4v) is 2.38. The summed E-state index contributed by atoms with van der Waals surface area (Å²) in [5, 5.41) is 7.34. The number of hydrogen-bond acceptors (Lipinski definition) is 6. The van der Waals surface area contributed by atoms with Crippen molar-refractivity contribution < 1.29 is 19.1 Å². The largest absolute Gasteiger partial charge is 0.469 e. The number of methoxy groups -OCH3 is 1. The Hall–Kier alpha value is -1.96. The van der Waals surface area contributed by atoms with Gasteiger partial charge in [0.05, 0.1) is 25.1 Å². The van der Waals surface area contributed by atoms with E-state index in [2.05, 4.69) is 20.4 Å². The minimum absolute atomic E-state index is 0.0757. The third kappa shape index (κ3) is 3.50. The molecular weight excluding hydrogens is 270 g/mol. The molecule has 1 aliphatic rings. The van der Waals surface area contributed by atoms with Crippen molar-refractivity contribution in [3.05, 3.63) is 11.1 Å². The van der Waals surface area contributed by atoms with Crippen LogP contribution < -0.4 is 10.6 Å². The number of ether oxygens (including phenoxy) is 1. The second kappa shape index (κ2) is 5.79. The van der Waals surface area contributed by atoms with E-state index in [0.717, 1.165) is 0 Å². The zero-order chi connectivity index (χ0) is 13.8. The van der Waals surface area contributed by atoms with Crippen LogP contribution in [-0.2, 0) is 25.5 Å². The van der Waals surface area contributed by atoms with Crippen LogP contribution in [0.1, 0.15) is 12.1 Å². The predicted molar refractivity (Wildman–Crippen MR) is 67.6 cm³/mol. The molecule has 0 unspecified atom stereocenters. The summed E-state index contributed by atoms with van der Waals surface area (Å²) in [6.07, 6.45) is 0.276. The summed E-state index contributed by atoms with van der Waals surface area (Å²) in [4.78, 5) is 38.0. The van der Waals surface area contributed by atoms with E-state index >= 15 is 0 Å². The maximum absolute atomic E-state index is 11.8. The molecule has 19 heavy (non-hydrogen) atoms. The van der Waals surface area contributed by atoms with Gasteiger partial charge < -0.3 is 15.4 Å². The quantitative estimate of drug-likeness (QED) is 0.754. The summed E-state index contributed by atoms with van der Waals surface area (Å²) in [7, 11) is 1.31. The Kier molecular flexibility index (Phi) is 4.10. The highest BCUT2D eigenvalue weighted by Gasteiger charge is 2.28. The molecule has 1 aliphatic heterocycles. The first-order chi connectivity index (χ1) is 9.08. The highest BCUT2D eigenvalue weighted by atomic mass is 32.1. The summed E-state index contributed by atoms with van der Waals surface area (Å²) >= 11 is 1.23. The van der Waals surface area contributed by atoms with Crippen LogP contribution in [0.2, 0.25) is 0 Å². The highest BCUT2D eigenvalue weighted by Crippen LogP contribution is 2.18. The molecule has 1 atom stereocenters. The van der Waals surface area contributed by atoms with E-state index in [1.807, 2.05) is 0 Å². The van der Waals surface area contributed by atoms with Crippen molar-refractivity contribution in [2.24, 2.45) is 5.92 Å². The fraction of sp³-hybridized carbons (Fsp3) is 0.455. The lowest BCUT2D eigenvalue weighted by atomic mass is 10.1. The van der Waals surface area contributed by atoms with Crippen molar-refractivity contribution in [3.8, 4) is 0 Å². The first-order valence-electron chi connectivity index (χ1n) is 5.67. The van der Waals surface area contributed by atoms with Crippen LogP contribution in [0, 0.1) is 5.92 Å². The van der Waals surface area contributed by atoms with Gasteiger partial charge in [0.1, 0.15) is 0 Å². The number of aromatic nitrogens is 1. The number of nitrogens with zero attached hydrogens (tertiary/aromatic N) is 1. The third-order valence-corrected chi connectivity index (χ3v) is 3.49. The first-order valence-corrected chi connectivity index (χ1v) is 6.55. The van der Waals surface area contributed by atoms with E-state index in [1.165, 1.54) is 18.4 Å². The van der Waals surface area contributed by atoms with Gasteiger partial charge in [-0.05, 0) is 0 Å². The standard InChI is InChI=1S/C11H13N3O4S/c1-18-9(16)3-7-5-19-11(13-7)14-10(17)6-2-8(15)12-4-6/h5-6H,2-4H2,1H3,(H,12,15)(H,13,14,17)/t6-/m1/s1. The fourth-order valence-electron chi connectivity index (χ4n) is 1.66. The Labute approximate surface area is 113 Å². The van der Waals surface area contributed by atoms with E-state index < -0.39 is 0 Å². The lowest BCUT2D eigenvalue weighted by Gasteiger charge is -2.05. The first kappa shape index (κ1) is 13.5. The van der Waals surface area contributed by atoms with Gasteiger partial charge in [0.25, 0.3) is 0 Å². The summed E-state index contributed by atoms with van der Waals surface area (Å²) < 4.78 is 4.53. The molecule has 102 valence electrons. The summed E-state index contributed by atoms with van der Waals surface area (Å²) in [5.74, 6) is -1.10. The van der Waals surface area contributed by atoms with Gasteiger partial charge in [-0.3, -0.25) is 14.4 Å². The molecular formula is C11H13N3O4S. The van der Waals surface area contributed by atoms with Gasteiger partial charge in [-0.2, -0.15) is 0 Å². The molecule has 0 aromatic carbocycles. The van der Waals surface area contributed by atoms with Crippen molar-refractivity contribution in [1.82, 2.24) is 10.3 Å². The number of rotatable bonds is 4. The molecule has 0 aliphatic carbocycles. The topological polar surface area (TPSA) is 97.4 Å². The Bertz CT molecular complexity index is 514. The molecule has 7 nitrogen and oxygen atoms in total. The molecule has 2 amide bonds. The number of carbonyl (C=O) groups excluding carboxylic acids is 3. The van der Waals surface area contributed by atoms with Crippen LogP contribution in [-0.4, -0.2) is 36.4 Å². The Morgan fingerprint density at radius 3 is 3.05 bits per heavy atom. The number of thiazole rings is 1. The van der Waals surface area contributed by atoms with Gasteiger partial charge in [-0.25, -0.2) is 4.98 Å². The minimum atomic E-state index is -0.381. The number of carbonyl (C=O) groups is 3. The average molecular weight is 283 g/mol. The predicted octanol–water partition coefficient (Wildman–Crippen LogP) is -0.0668. The van der Waals surface area contributed by atoms with Crippen molar-refractivity contribution in [3.63, 3.8) is 0 Å². The van der Waals surface area contributed by atoms with Crippen LogP contribution in [0.5, 0.6) is 0 Å². The van der Waals surface area contributed by atoms with Crippen LogP contribution in [0.4, 0.5) is 5.13 Å². The van der Waals surface area contributed by atoms with Crippen LogP contribution in [0.3, 0.4) is 0 Å². The van der Waals surface area contributed by atoms with E-state index in [0.29, 0.717) is 17.4 Å². The van der Waals surface area contributed by atoms with Gasteiger partial charge in [0, 0.05) is 18.3 Å². The van der Waals surface area contributed by atoms with E-state index in [-0.39, 0.29) is 36.5 Å². The van der Waals surface area contributed by atoms with Gasteiger partial charge in [0.2, 0.25) is 11.8 Å². The minimum Gasteiger partial charge on any atom is -0.469 e. The van der Waals surface area contributed by atoms with Crippen LogP contribution >= 0.6 is 11.3 Å². The zero-order valence-electron chi connectivity index (χ0n) is 10.3. The molecule has 1 aromatic heterocycles. The van der Waals surface area contributed by atoms with E-state index in [9.17, 15) is 14.4 Å². The van der Waals surface area contributed by atoms with Gasteiger partial charge in [-0.1, -0.05) is 0 Å². The molecule has 0 bridgehead atoms. The van der Waals surface area contributed by atoms with Crippen molar-refractivity contribution in [1.29, 1.82) is 0 Å². The smallest absolute Gasteiger partial charge is 0.311 e. The van der Waals surface area contributed by atoms with Crippen molar-refractivity contribution in [2.75, 3.05) is 19.0 Å². The second-order valence-corrected chi connectivity index (χ2v) is 4.95. The van der Waals surface area contributed by atoms with Gasteiger partial charge >= 0.3 is 5.97 Å². The molecule has 0 spiro atoms. The monoisotopic (exact) mass is 283 g/mol. The van der Waals surface area contributed by atoms with E-state index in [1.54, 1.807) is 5.38 Å². The number of esters is 1. The van der Waals surface area contributed by atoms with Crippen molar-refractivity contribution in [2.45, 2.75) is 12.8 Å². The lowest BCUT2D eigenvalue weighted by Crippen LogP contribution is -2.24. The maximum Gasteiger partial charge on any atom is 0.311 e. The molecule has 2 rings (SSSR count). The maximum atomic E-state index is 11.8. The molecule has 0 saturated carbocycles. The molecule has 8 heteroatoms.